The Labute approximate surface area is 241 Å². The van der Waals surface area contributed by atoms with Gasteiger partial charge >= 0.3 is 0 Å². The summed E-state index contributed by atoms with van der Waals surface area (Å²) in [5, 5.41) is 8.14. The van der Waals surface area contributed by atoms with Gasteiger partial charge in [0.25, 0.3) is 0 Å². The highest BCUT2D eigenvalue weighted by molar-refractivity contribution is 7.91. The van der Waals surface area contributed by atoms with Crippen molar-refractivity contribution in [2.75, 3.05) is 21.3 Å². The molecule has 214 valence electrons. The van der Waals surface area contributed by atoms with Gasteiger partial charge in [-0.1, -0.05) is 23.7 Å². The summed E-state index contributed by atoms with van der Waals surface area (Å²) >= 11 is 5.92. The lowest BCUT2D eigenvalue weighted by molar-refractivity contribution is 0.0948. The van der Waals surface area contributed by atoms with Gasteiger partial charge in [-0.25, -0.2) is 23.4 Å². The van der Waals surface area contributed by atoms with Crippen molar-refractivity contribution in [3.05, 3.63) is 77.4 Å². The van der Waals surface area contributed by atoms with E-state index in [0.717, 1.165) is 0 Å². The molecule has 0 aliphatic heterocycles. The van der Waals surface area contributed by atoms with Crippen molar-refractivity contribution in [3.8, 4) is 28.7 Å². The monoisotopic (exact) mass is 597 g/mol. The van der Waals surface area contributed by atoms with Gasteiger partial charge in [-0.05, 0) is 38.1 Å². The van der Waals surface area contributed by atoms with Crippen LogP contribution in [0.4, 0.5) is 0 Å². The highest BCUT2D eigenvalue weighted by atomic mass is 35.5. The summed E-state index contributed by atoms with van der Waals surface area (Å²) in [7, 11) is 0.526. The molecule has 0 unspecified atom stereocenters. The summed E-state index contributed by atoms with van der Waals surface area (Å²) in [5.74, 6) is 1.10. The maximum absolute atomic E-state index is 13.9. The Morgan fingerprint density at radius 2 is 1.66 bits per heavy atom. The van der Waals surface area contributed by atoms with Crippen molar-refractivity contribution < 1.29 is 22.6 Å². The van der Waals surface area contributed by atoms with Crippen LogP contribution in [0.3, 0.4) is 0 Å². The smallest absolute Gasteiger partial charge is 0.187 e. The molecule has 0 bridgehead atoms. The highest BCUT2D eigenvalue weighted by Crippen LogP contribution is 2.38. The Hall–Kier alpha value is -4.07. The highest BCUT2D eigenvalue weighted by Gasteiger charge is 2.35. The Morgan fingerprint density at radius 3 is 2.29 bits per heavy atom. The van der Waals surface area contributed by atoms with Crippen molar-refractivity contribution in [1.82, 2.24) is 34.1 Å². The van der Waals surface area contributed by atoms with Gasteiger partial charge in [0.2, 0.25) is 0 Å². The number of para-hydroxylation sites is 1. The summed E-state index contributed by atoms with van der Waals surface area (Å²) in [6, 6.07) is 10.9. The molecule has 0 aliphatic carbocycles. The van der Waals surface area contributed by atoms with Crippen LogP contribution in [0.15, 0.2) is 55.0 Å². The van der Waals surface area contributed by atoms with Crippen LogP contribution < -0.4 is 9.47 Å². The molecule has 1 aromatic carbocycles. The third-order valence-corrected chi connectivity index (χ3v) is 8.98. The molecule has 0 aliphatic rings. The Kier molecular flexibility index (Phi) is 7.93. The SMILES string of the molecule is COc1cccc(OC)c1-n1c(CS(=O)(=O)[C@@H](C)[C@H](OC)c2ncc(Cl)cn2)nnc1-c1c(C)nc2ccccn12. The third kappa shape index (κ3) is 5.23. The summed E-state index contributed by atoms with van der Waals surface area (Å²) in [5.41, 5.74) is 2.48. The van der Waals surface area contributed by atoms with Gasteiger partial charge in [-0.15, -0.1) is 10.2 Å². The van der Waals surface area contributed by atoms with E-state index in [1.54, 1.807) is 29.7 Å². The number of hydrogen-bond acceptors (Lipinski definition) is 10. The summed E-state index contributed by atoms with van der Waals surface area (Å²) < 4.78 is 48.2. The van der Waals surface area contributed by atoms with E-state index in [9.17, 15) is 8.42 Å². The van der Waals surface area contributed by atoms with Gasteiger partial charge < -0.3 is 14.2 Å². The predicted molar refractivity (Wildman–Crippen MR) is 152 cm³/mol. The first-order valence-electron chi connectivity index (χ1n) is 12.5. The van der Waals surface area contributed by atoms with E-state index in [2.05, 4.69) is 25.1 Å². The molecule has 0 N–H and O–H groups in total. The number of sulfone groups is 1. The van der Waals surface area contributed by atoms with Crippen molar-refractivity contribution in [2.24, 2.45) is 0 Å². The molecule has 0 saturated carbocycles. The fourth-order valence-electron chi connectivity index (χ4n) is 4.71. The number of nitrogens with zero attached hydrogens (tertiary/aromatic N) is 7. The molecular weight excluding hydrogens is 570 g/mol. The molecular formula is C27H28ClN7O5S. The van der Waals surface area contributed by atoms with E-state index in [1.807, 2.05) is 35.7 Å². The van der Waals surface area contributed by atoms with E-state index in [1.165, 1.54) is 33.7 Å². The molecule has 4 aromatic heterocycles. The lowest BCUT2D eigenvalue weighted by atomic mass is 10.2. The number of pyridine rings is 1. The molecule has 12 nitrogen and oxygen atoms in total. The first-order valence-corrected chi connectivity index (χ1v) is 14.6. The quantitative estimate of drug-likeness (QED) is 0.232. The topological polar surface area (TPSA) is 136 Å². The first kappa shape index (κ1) is 28.5. The molecule has 14 heteroatoms. The molecule has 0 fully saturated rings. The number of hydrogen-bond donors (Lipinski definition) is 0. The van der Waals surface area contributed by atoms with E-state index < -0.39 is 26.9 Å². The van der Waals surface area contributed by atoms with Crippen LogP contribution in [0.2, 0.25) is 5.02 Å². The van der Waals surface area contributed by atoms with Crippen LogP contribution in [0.25, 0.3) is 22.9 Å². The molecule has 0 saturated heterocycles. The summed E-state index contributed by atoms with van der Waals surface area (Å²) in [6.07, 6.45) is 3.70. The molecule has 0 radical (unpaired) electrons. The number of benzene rings is 1. The van der Waals surface area contributed by atoms with Crippen molar-refractivity contribution in [3.63, 3.8) is 0 Å². The van der Waals surface area contributed by atoms with Crippen LogP contribution in [0, 0.1) is 6.92 Å². The van der Waals surface area contributed by atoms with Crippen LogP contribution in [-0.2, 0) is 20.3 Å². The van der Waals surface area contributed by atoms with E-state index >= 15 is 0 Å². The summed E-state index contributed by atoms with van der Waals surface area (Å²) in [4.78, 5) is 13.0. The van der Waals surface area contributed by atoms with Gasteiger partial charge in [-0.3, -0.25) is 8.97 Å². The number of fused-ring (bicyclic) bond motifs is 1. The van der Waals surface area contributed by atoms with Crippen molar-refractivity contribution in [2.45, 2.75) is 31.0 Å². The molecule has 5 rings (SSSR count). The zero-order chi connectivity index (χ0) is 29.3. The van der Waals surface area contributed by atoms with Crippen molar-refractivity contribution >= 4 is 27.1 Å². The average molecular weight is 598 g/mol. The molecule has 0 amide bonds. The molecule has 2 atom stereocenters. The van der Waals surface area contributed by atoms with Crippen LogP contribution >= 0.6 is 11.6 Å². The standard InChI is InChI=1S/C27H28ClN7O5S/c1-16-23(34-12-7-6-11-21(34)31-16)27-33-32-22(35(27)24-19(38-3)9-8-10-20(24)39-4)15-41(36,37)17(2)25(40-5)26-29-13-18(28)14-30-26/h6-14,17,25H,15H2,1-5H3/t17-,25-/m0/s1. The Bertz CT molecular complexity index is 1780. The second-order valence-corrected chi connectivity index (χ2v) is 12.0. The number of aryl methyl sites for hydroxylation is 1. The van der Waals surface area contributed by atoms with Crippen LogP contribution in [0.5, 0.6) is 11.5 Å². The fourth-order valence-corrected chi connectivity index (χ4v) is 6.23. The minimum Gasteiger partial charge on any atom is -0.494 e. The Morgan fingerprint density at radius 1 is 0.976 bits per heavy atom. The lowest BCUT2D eigenvalue weighted by Gasteiger charge is -2.22. The second kappa shape index (κ2) is 11.4. The van der Waals surface area contributed by atoms with Gasteiger partial charge in [0.05, 0.1) is 30.2 Å². The van der Waals surface area contributed by atoms with Crippen LogP contribution in [0.1, 0.15) is 30.4 Å². The minimum absolute atomic E-state index is 0.145. The number of rotatable bonds is 10. The van der Waals surface area contributed by atoms with Gasteiger partial charge in [0.15, 0.2) is 27.3 Å². The van der Waals surface area contributed by atoms with Crippen LogP contribution in [-0.4, -0.2) is 69.1 Å². The average Bonchev–Trinajstić information content (AvgIpc) is 3.52. The maximum Gasteiger partial charge on any atom is 0.187 e. The number of aromatic nitrogens is 7. The van der Waals surface area contributed by atoms with E-state index in [-0.39, 0.29) is 11.6 Å². The number of halogens is 1. The molecule has 0 spiro atoms. The fraction of sp³-hybridized carbons (Fsp3) is 0.296. The first-order chi connectivity index (χ1) is 19.7. The number of imidazole rings is 1. The largest absolute Gasteiger partial charge is 0.494 e. The predicted octanol–water partition coefficient (Wildman–Crippen LogP) is 4.04. The third-order valence-electron chi connectivity index (χ3n) is 6.74. The zero-order valence-electron chi connectivity index (χ0n) is 23.0. The number of ether oxygens (including phenoxy) is 3. The molecule has 5 aromatic rings. The van der Waals surface area contributed by atoms with E-state index in [0.29, 0.717) is 45.1 Å². The van der Waals surface area contributed by atoms with E-state index in [4.69, 9.17) is 25.8 Å². The van der Waals surface area contributed by atoms with Gasteiger partial charge in [-0.2, -0.15) is 0 Å². The lowest BCUT2D eigenvalue weighted by Crippen LogP contribution is -2.30. The maximum atomic E-state index is 13.9. The molecule has 41 heavy (non-hydrogen) atoms. The van der Waals surface area contributed by atoms with Crippen molar-refractivity contribution in [1.29, 1.82) is 0 Å². The van der Waals surface area contributed by atoms with Gasteiger partial charge in [0, 0.05) is 25.7 Å². The molecule has 4 heterocycles. The Balaban J connectivity index is 1.68. The minimum atomic E-state index is -3.93. The van der Waals surface area contributed by atoms with Gasteiger partial charge in [0.1, 0.15) is 40.4 Å². The second-order valence-electron chi connectivity index (χ2n) is 9.19. The summed E-state index contributed by atoms with van der Waals surface area (Å²) in [6.45, 7) is 3.40. The normalized spacial score (nSPS) is 13.3. The number of methoxy groups -OCH3 is 3. The zero-order valence-corrected chi connectivity index (χ0v) is 24.6.